The van der Waals surface area contributed by atoms with E-state index in [0.29, 0.717) is 0 Å². The number of hydrogen-bond donors (Lipinski definition) is 0. The first-order valence-electron chi connectivity index (χ1n) is 7.38. The fourth-order valence-electron chi connectivity index (χ4n) is 2.42. The highest BCUT2D eigenvalue weighted by molar-refractivity contribution is 6.43. The van der Waals surface area contributed by atoms with E-state index in [9.17, 15) is 26.3 Å². The third-order valence-corrected chi connectivity index (χ3v) is 4.82. The third-order valence-electron chi connectivity index (χ3n) is 3.78. The van der Waals surface area contributed by atoms with Gasteiger partial charge in [-0.15, -0.1) is 0 Å². The molecule has 9 heteroatoms. The van der Waals surface area contributed by atoms with E-state index in [4.69, 9.17) is 34.8 Å². The van der Waals surface area contributed by atoms with Crippen LogP contribution in [0.1, 0.15) is 28.2 Å². The molecule has 0 aliphatic rings. The van der Waals surface area contributed by atoms with Gasteiger partial charge in [0.1, 0.15) is 0 Å². The van der Waals surface area contributed by atoms with Gasteiger partial charge in [-0.05, 0) is 41.8 Å². The molecule has 1 unspecified atom stereocenters. The molecule has 0 fully saturated rings. The predicted molar refractivity (Wildman–Crippen MR) is 95.5 cm³/mol. The maximum absolute atomic E-state index is 13.5. The van der Waals surface area contributed by atoms with Crippen LogP contribution >= 0.6 is 34.8 Å². The smallest absolute Gasteiger partial charge is 0.170 e. The van der Waals surface area contributed by atoms with Gasteiger partial charge < -0.3 is 0 Å². The molecule has 1 atom stereocenters. The maximum Gasteiger partial charge on any atom is 0.416 e. The Morgan fingerprint density at radius 2 is 1.44 bits per heavy atom. The van der Waals surface area contributed by atoms with Crippen molar-refractivity contribution in [2.45, 2.75) is 25.2 Å². The van der Waals surface area contributed by atoms with Crippen molar-refractivity contribution in [3.63, 3.8) is 0 Å². The minimum Gasteiger partial charge on any atom is -0.170 e. The second kappa shape index (κ2) is 7.94. The quantitative estimate of drug-likeness (QED) is 0.328. The summed E-state index contributed by atoms with van der Waals surface area (Å²) in [4.78, 5) is 0. The number of allylic oxidation sites excluding steroid dienone is 1. The van der Waals surface area contributed by atoms with Crippen LogP contribution in [0.2, 0.25) is 15.1 Å². The zero-order valence-corrected chi connectivity index (χ0v) is 15.8. The molecular weight excluding hydrogens is 437 g/mol. The van der Waals surface area contributed by atoms with Crippen molar-refractivity contribution in [2.75, 3.05) is 0 Å². The molecule has 146 valence electrons. The van der Waals surface area contributed by atoms with E-state index in [1.165, 1.54) is 19.1 Å². The lowest BCUT2D eigenvalue weighted by Crippen LogP contribution is -2.19. The second-order valence-electron chi connectivity index (χ2n) is 5.74. The van der Waals surface area contributed by atoms with Gasteiger partial charge in [0.2, 0.25) is 0 Å². The van der Waals surface area contributed by atoms with Crippen molar-refractivity contribution in [2.24, 2.45) is 0 Å². The molecular formula is C18H11Cl3F6. The number of rotatable bonds is 3. The SMILES string of the molecule is Cc1ccc(/C=C/C(c2cc(Cl)c(Cl)cc2Cl)C(F)(F)F)cc1C(F)(F)F. The number of hydrogen-bond acceptors (Lipinski definition) is 0. The highest BCUT2D eigenvalue weighted by Gasteiger charge is 2.40. The topological polar surface area (TPSA) is 0 Å². The monoisotopic (exact) mass is 446 g/mol. The first kappa shape index (κ1) is 21.9. The summed E-state index contributed by atoms with van der Waals surface area (Å²) in [5, 5.41) is -0.381. The molecule has 0 amide bonds. The summed E-state index contributed by atoms with van der Waals surface area (Å²) in [6.45, 7) is 1.27. The Bertz CT molecular complexity index is 869. The van der Waals surface area contributed by atoms with E-state index in [-0.39, 0.29) is 31.8 Å². The molecule has 0 saturated carbocycles. The summed E-state index contributed by atoms with van der Waals surface area (Å²) in [6.07, 6.45) is -7.65. The van der Waals surface area contributed by atoms with Gasteiger partial charge in [0.25, 0.3) is 0 Å². The van der Waals surface area contributed by atoms with Gasteiger partial charge in [-0.1, -0.05) is 59.1 Å². The standard InChI is InChI=1S/C18H11Cl3F6/c1-9-2-3-10(6-13(9)18(25,26)27)4-5-12(17(22,23)24)11-7-15(20)16(21)8-14(11)19/h2-8,12H,1H3/b5-4+. The summed E-state index contributed by atoms with van der Waals surface area (Å²) in [5.74, 6) is -2.17. The lowest BCUT2D eigenvalue weighted by molar-refractivity contribution is -0.139. The molecule has 0 aliphatic carbocycles. The van der Waals surface area contributed by atoms with Crippen LogP contribution in [0.4, 0.5) is 26.3 Å². The number of alkyl halides is 6. The fourth-order valence-corrected chi connectivity index (χ4v) is 3.09. The Morgan fingerprint density at radius 1 is 0.852 bits per heavy atom. The summed E-state index contributed by atoms with van der Waals surface area (Å²) in [5.41, 5.74) is -1.32. The first-order chi connectivity index (χ1) is 12.3. The summed E-state index contributed by atoms with van der Waals surface area (Å²) >= 11 is 17.4. The third kappa shape index (κ3) is 5.33. The van der Waals surface area contributed by atoms with E-state index in [0.717, 1.165) is 30.4 Å². The lowest BCUT2D eigenvalue weighted by Gasteiger charge is -2.19. The Labute approximate surface area is 166 Å². The van der Waals surface area contributed by atoms with Crippen LogP contribution in [-0.2, 0) is 6.18 Å². The Morgan fingerprint density at radius 3 is 2.00 bits per heavy atom. The molecule has 0 heterocycles. The van der Waals surface area contributed by atoms with Crippen molar-refractivity contribution in [3.8, 4) is 0 Å². The molecule has 0 spiro atoms. The lowest BCUT2D eigenvalue weighted by atomic mass is 9.96. The molecule has 0 radical (unpaired) electrons. The van der Waals surface area contributed by atoms with E-state index in [2.05, 4.69) is 0 Å². The Kier molecular flexibility index (Phi) is 6.44. The molecule has 2 aromatic carbocycles. The van der Waals surface area contributed by atoms with E-state index in [1.54, 1.807) is 0 Å². The van der Waals surface area contributed by atoms with Crippen LogP contribution in [0, 0.1) is 6.92 Å². The highest BCUT2D eigenvalue weighted by Crippen LogP contribution is 2.42. The Hall–Kier alpha value is -1.37. The molecule has 2 rings (SSSR count). The summed E-state index contributed by atoms with van der Waals surface area (Å²) in [6, 6.07) is 5.35. The van der Waals surface area contributed by atoms with Crippen LogP contribution in [0.25, 0.3) is 6.08 Å². The van der Waals surface area contributed by atoms with Crippen molar-refractivity contribution in [1.82, 2.24) is 0 Å². The maximum atomic E-state index is 13.5. The van der Waals surface area contributed by atoms with Gasteiger partial charge in [0.15, 0.2) is 0 Å². The minimum absolute atomic E-state index is 0.0105. The molecule has 0 aromatic heterocycles. The largest absolute Gasteiger partial charge is 0.416 e. The fraction of sp³-hybridized carbons (Fsp3) is 0.222. The zero-order chi connectivity index (χ0) is 20.6. The number of benzene rings is 2. The van der Waals surface area contributed by atoms with Crippen LogP contribution in [-0.4, -0.2) is 6.18 Å². The molecule has 0 aliphatic heterocycles. The van der Waals surface area contributed by atoms with Crippen molar-refractivity contribution in [3.05, 3.63) is 73.7 Å². The van der Waals surface area contributed by atoms with Gasteiger partial charge in [-0.25, -0.2) is 0 Å². The molecule has 2 aromatic rings. The second-order valence-corrected chi connectivity index (χ2v) is 6.96. The van der Waals surface area contributed by atoms with E-state index < -0.39 is 23.8 Å². The Balaban J connectivity index is 2.49. The summed E-state index contributed by atoms with van der Waals surface area (Å²) in [7, 11) is 0. The number of aryl methyl sites for hydroxylation is 1. The normalized spacial score (nSPS) is 14.0. The van der Waals surface area contributed by atoms with Crippen molar-refractivity contribution in [1.29, 1.82) is 0 Å². The molecule has 27 heavy (non-hydrogen) atoms. The molecule has 0 N–H and O–H groups in total. The van der Waals surface area contributed by atoms with Crippen LogP contribution < -0.4 is 0 Å². The average molecular weight is 448 g/mol. The van der Waals surface area contributed by atoms with Crippen molar-refractivity contribution < 1.29 is 26.3 Å². The molecule has 0 saturated heterocycles. The summed E-state index contributed by atoms with van der Waals surface area (Å²) < 4.78 is 79.4. The van der Waals surface area contributed by atoms with Crippen LogP contribution in [0.15, 0.2) is 36.4 Å². The van der Waals surface area contributed by atoms with Gasteiger partial charge in [-0.2, -0.15) is 26.3 Å². The number of halogens is 9. The van der Waals surface area contributed by atoms with Crippen LogP contribution in [0.5, 0.6) is 0 Å². The molecule has 0 nitrogen and oxygen atoms in total. The van der Waals surface area contributed by atoms with Gasteiger partial charge in [0.05, 0.1) is 21.5 Å². The zero-order valence-electron chi connectivity index (χ0n) is 13.5. The van der Waals surface area contributed by atoms with E-state index >= 15 is 0 Å². The highest BCUT2D eigenvalue weighted by atomic mass is 35.5. The first-order valence-corrected chi connectivity index (χ1v) is 8.51. The van der Waals surface area contributed by atoms with Crippen LogP contribution in [0.3, 0.4) is 0 Å². The minimum atomic E-state index is -4.74. The predicted octanol–water partition coefficient (Wildman–Crippen LogP) is 8.33. The van der Waals surface area contributed by atoms with E-state index in [1.807, 2.05) is 0 Å². The average Bonchev–Trinajstić information content (AvgIpc) is 2.51. The van der Waals surface area contributed by atoms with Gasteiger partial charge >= 0.3 is 12.4 Å². The van der Waals surface area contributed by atoms with Gasteiger partial charge in [-0.3, -0.25) is 0 Å². The molecule has 0 bridgehead atoms. The van der Waals surface area contributed by atoms with Gasteiger partial charge in [0, 0.05) is 5.02 Å². The van der Waals surface area contributed by atoms with Crippen molar-refractivity contribution >= 4 is 40.9 Å².